The highest BCUT2D eigenvalue weighted by atomic mass is 14.9. The molecule has 0 saturated carbocycles. The summed E-state index contributed by atoms with van der Waals surface area (Å²) in [6.07, 6.45) is 3.84. The molecule has 0 amide bonds. The number of nitrogens with two attached hydrogens (primary N) is 1. The molecular formula is C12H16N2. The first-order valence-electron chi connectivity index (χ1n) is 4.61. The SMILES string of the molecule is C/C(N)=C\C=C(/C)Nc1ccccc1. The lowest BCUT2D eigenvalue weighted by molar-refractivity contribution is 1.30. The summed E-state index contributed by atoms with van der Waals surface area (Å²) in [7, 11) is 0. The third kappa shape index (κ3) is 3.81. The average molecular weight is 188 g/mol. The lowest BCUT2D eigenvalue weighted by Crippen LogP contribution is -1.95. The van der Waals surface area contributed by atoms with Crippen molar-refractivity contribution in [2.75, 3.05) is 5.32 Å². The molecule has 0 spiro atoms. The molecule has 0 aliphatic carbocycles. The fraction of sp³-hybridized carbons (Fsp3) is 0.167. The van der Waals surface area contributed by atoms with Crippen LogP contribution in [-0.2, 0) is 0 Å². The molecule has 74 valence electrons. The van der Waals surface area contributed by atoms with Crippen molar-refractivity contribution in [2.24, 2.45) is 5.73 Å². The summed E-state index contributed by atoms with van der Waals surface area (Å²) in [6.45, 7) is 3.87. The predicted octanol–water partition coefficient (Wildman–Crippen LogP) is 2.86. The number of hydrogen-bond acceptors (Lipinski definition) is 2. The van der Waals surface area contributed by atoms with Gasteiger partial charge in [0.1, 0.15) is 0 Å². The highest BCUT2D eigenvalue weighted by molar-refractivity contribution is 5.47. The Morgan fingerprint density at radius 3 is 2.36 bits per heavy atom. The first-order valence-corrected chi connectivity index (χ1v) is 4.61. The van der Waals surface area contributed by atoms with E-state index in [9.17, 15) is 0 Å². The molecule has 0 radical (unpaired) electrons. The number of benzene rings is 1. The van der Waals surface area contributed by atoms with Gasteiger partial charge in [0, 0.05) is 17.1 Å². The third-order valence-corrected chi connectivity index (χ3v) is 1.71. The smallest absolute Gasteiger partial charge is 0.0381 e. The third-order valence-electron chi connectivity index (χ3n) is 1.71. The maximum Gasteiger partial charge on any atom is 0.0381 e. The first-order chi connectivity index (χ1) is 6.68. The summed E-state index contributed by atoms with van der Waals surface area (Å²) < 4.78 is 0. The van der Waals surface area contributed by atoms with E-state index in [-0.39, 0.29) is 0 Å². The van der Waals surface area contributed by atoms with E-state index in [0.29, 0.717) is 0 Å². The summed E-state index contributed by atoms with van der Waals surface area (Å²) in [5.74, 6) is 0. The largest absolute Gasteiger partial charge is 0.402 e. The van der Waals surface area contributed by atoms with Gasteiger partial charge in [-0.1, -0.05) is 18.2 Å². The van der Waals surface area contributed by atoms with Crippen LogP contribution in [0.2, 0.25) is 0 Å². The molecule has 0 aliphatic heterocycles. The van der Waals surface area contributed by atoms with Crippen LogP contribution in [-0.4, -0.2) is 0 Å². The van der Waals surface area contributed by atoms with Crippen molar-refractivity contribution in [2.45, 2.75) is 13.8 Å². The summed E-state index contributed by atoms with van der Waals surface area (Å²) in [4.78, 5) is 0. The van der Waals surface area contributed by atoms with Crippen LogP contribution in [0.1, 0.15) is 13.8 Å². The van der Waals surface area contributed by atoms with E-state index in [0.717, 1.165) is 17.1 Å². The molecule has 0 unspecified atom stereocenters. The van der Waals surface area contributed by atoms with E-state index in [2.05, 4.69) is 5.32 Å². The van der Waals surface area contributed by atoms with Crippen LogP contribution >= 0.6 is 0 Å². The van der Waals surface area contributed by atoms with Crippen molar-refractivity contribution >= 4 is 5.69 Å². The normalized spacial score (nSPS) is 12.7. The molecule has 2 nitrogen and oxygen atoms in total. The Labute approximate surface area is 85.1 Å². The van der Waals surface area contributed by atoms with Gasteiger partial charge in [0.25, 0.3) is 0 Å². The van der Waals surface area contributed by atoms with Crippen molar-refractivity contribution in [3.63, 3.8) is 0 Å². The molecule has 3 N–H and O–H groups in total. The van der Waals surface area contributed by atoms with E-state index in [1.807, 2.05) is 56.3 Å². The highest BCUT2D eigenvalue weighted by Crippen LogP contribution is 2.08. The Morgan fingerprint density at radius 1 is 1.14 bits per heavy atom. The summed E-state index contributed by atoms with van der Waals surface area (Å²) in [6, 6.07) is 10.0. The van der Waals surface area contributed by atoms with Crippen molar-refractivity contribution in [3.05, 3.63) is 53.9 Å². The maximum absolute atomic E-state index is 5.52. The second-order valence-corrected chi connectivity index (χ2v) is 3.25. The molecule has 1 rings (SSSR count). The second-order valence-electron chi connectivity index (χ2n) is 3.25. The van der Waals surface area contributed by atoms with Gasteiger partial charge >= 0.3 is 0 Å². The van der Waals surface area contributed by atoms with Crippen molar-refractivity contribution < 1.29 is 0 Å². The summed E-state index contributed by atoms with van der Waals surface area (Å²) in [5, 5.41) is 3.26. The van der Waals surface area contributed by atoms with Crippen LogP contribution < -0.4 is 11.1 Å². The molecule has 0 heterocycles. The molecule has 14 heavy (non-hydrogen) atoms. The highest BCUT2D eigenvalue weighted by Gasteiger charge is 1.88. The van der Waals surface area contributed by atoms with Gasteiger partial charge in [-0.05, 0) is 38.1 Å². The van der Waals surface area contributed by atoms with Crippen molar-refractivity contribution in [3.8, 4) is 0 Å². The van der Waals surface area contributed by atoms with Crippen molar-refractivity contribution in [1.29, 1.82) is 0 Å². The molecule has 1 aromatic rings. The number of rotatable bonds is 3. The summed E-state index contributed by atoms with van der Waals surface area (Å²) in [5.41, 5.74) is 8.49. The number of para-hydroxylation sites is 1. The quantitative estimate of drug-likeness (QED) is 0.716. The molecule has 0 saturated heterocycles. The lowest BCUT2D eigenvalue weighted by atomic mass is 10.3. The van der Waals surface area contributed by atoms with E-state index in [1.54, 1.807) is 0 Å². The van der Waals surface area contributed by atoms with Crippen molar-refractivity contribution in [1.82, 2.24) is 0 Å². The fourth-order valence-electron chi connectivity index (χ4n) is 1.05. The number of nitrogens with one attached hydrogen (secondary N) is 1. The van der Waals surface area contributed by atoms with Gasteiger partial charge < -0.3 is 11.1 Å². The Hall–Kier alpha value is -1.70. The molecule has 0 fully saturated rings. The molecular weight excluding hydrogens is 172 g/mol. The van der Waals surface area contributed by atoms with Crippen LogP contribution in [0.25, 0.3) is 0 Å². The van der Waals surface area contributed by atoms with Gasteiger partial charge in [-0.15, -0.1) is 0 Å². The summed E-state index contributed by atoms with van der Waals surface area (Å²) >= 11 is 0. The van der Waals surface area contributed by atoms with E-state index in [4.69, 9.17) is 5.73 Å². The van der Waals surface area contributed by atoms with Gasteiger partial charge in [-0.2, -0.15) is 0 Å². The van der Waals surface area contributed by atoms with E-state index in [1.165, 1.54) is 0 Å². The lowest BCUT2D eigenvalue weighted by Gasteiger charge is -2.04. The van der Waals surface area contributed by atoms with Crippen LogP contribution in [0.15, 0.2) is 53.9 Å². The Balaban J connectivity index is 2.62. The number of hydrogen-bond donors (Lipinski definition) is 2. The minimum Gasteiger partial charge on any atom is -0.402 e. The molecule has 0 aromatic heterocycles. The first kappa shape index (κ1) is 10.4. The van der Waals surface area contributed by atoms with Gasteiger partial charge in [0.05, 0.1) is 0 Å². The predicted molar refractivity (Wildman–Crippen MR) is 61.8 cm³/mol. The van der Waals surface area contributed by atoms with Gasteiger partial charge in [-0.3, -0.25) is 0 Å². The van der Waals surface area contributed by atoms with Crippen LogP contribution in [0.5, 0.6) is 0 Å². The molecule has 0 atom stereocenters. The number of anilines is 1. The second kappa shape index (κ2) is 5.12. The standard InChI is InChI=1S/C12H16N2/c1-10(13)8-9-11(2)14-12-6-4-3-5-7-12/h3-9,14H,13H2,1-2H3/b10-8+,11-9+. The topological polar surface area (TPSA) is 38.0 Å². The van der Waals surface area contributed by atoms with E-state index >= 15 is 0 Å². The number of allylic oxidation sites excluding steroid dienone is 4. The van der Waals surface area contributed by atoms with E-state index < -0.39 is 0 Å². The van der Waals surface area contributed by atoms with Gasteiger partial charge in [-0.25, -0.2) is 0 Å². The average Bonchev–Trinajstić information content (AvgIpc) is 2.16. The monoisotopic (exact) mass is 188 g/mol. The Kier molecular flexibility index (Phi) is 3.80. The minimum atomic E-state index is 0.805. The Bertz CT molecular complexity index is 333. The fourth-order valence-corrected chi connectivity index (χ4v) is 1.05. The molecule has 0 bridgehead atoms. The van der Waals surface area contributed by atoms with Crippen LogP contribution in [0.3, 0.4) is 0 Å². The zero-order chi connectivity index (χ0) is 10.4. The van der Waals surface area contributed by atoms with Crippen LogP contribution in [0.4, 0.5) is 5.69 Å². The zero-order valence-corrected chi connectivity index (χ0v) is 8.62. The Morgan fingerprint density at radius 2 is 1.79 bits per heavy atom. The van der Waals surface area contributed by atoms with Gasteiger partial charge in [0.2, 0.25) is 0 Å². The minimum absolute atomic E-state index is 0.805. The van der Waals surface area contributed by atoms with Crippen LogP contribution in [0, 0.1) is 0 Å². The molecule has 1 aromatic carbocycles. The molecule has 0 aliphatic rings. The van der Waals surface area contributed by atoms with Gasteiger partial charge in [0.15, 0.2) is 0 Å². The zero-order valence-electron chi connectivity index (χ0n) is 8.62. The molecule has 2 heteroatoms. The maximum atomic E-state index is 5.52.